The molecular weight excluding hydrogens is 167 g/mol. The van der Waals surface area contributed by atoms with Crippen LogP contribution in [0.3, 0.4) is 0 Å². The second-order valence-corrected chi connectivity index (χ2v) is 2.44. The normalized spacial score (nSPS) is 21.1. The van der Waals surface area contributed by atoms with Crippen LogP contribution in [0.25, 0.3) is 0 Å². The molecule has 0 aromatic rings. The lowest BCUT2D eigenvalue weighted by Crippen LogP contribution is -2.49. The van der Waals surface area contributed by atoms with Gasteiger partial charge in [0.15, 0.2) is 0 Å². The van der Waals surface area contributed by atoms with Crippen molar-refractivity contribution in [3.63, 3.8) is 0 Å². The summed E-state index contributed by atoms with van der Waals surface area (Å²) in [6.07, 6.45) is -4.43. The first-order chi connectivity index (χ1) is 5.54. The van der Waals surface area contributed by atoms with Crippen LogP contribution in [0.5, 0.6) is 0 Å². The van der Waals surface area contributed by atoms with Crippen molar-refractivity contribution in [1.29, 1.82) is 0 Å². The molecule has 0 saturated carbocycles. The second kappa shape index (κ2) is 5.18. The number of hydrogen-bond acceptors (Lipinski definition) is 6. The molecule has 0 aromatic carbocycles. The lowest BCUT2D eigenvalue weighted by atomic mass is 10.0. The molecule has 0 aliphatic heterocycles. The molecule has 4 atom stereocenters. The predicted molar refractivity (Wildman–Crippen MR) is 39.1 cm³/mol. The molecule has 0 aromatic heterocycles. The maximum atomic E-state index is 10.0. The lowest BCUT2D eigenvalue weighted by Gasteiger charge is -2.23. The summed E-state index contributed by atoms with van der Waals surface area (Å²) in [5, 5.41) is 35.2. The third-order valence-electron chi connectivity index (χ3n) is 1.48. The molecular formula is C6H13NO5. The van der Waals surface area contributed by atoms with Crippen molar-refractivity contribution in [3.8, 4) is 0 Å². The van der Waals surface area contributed by atoms with Gasteiger partial charge in [0.1, 0.15) is 24.6 Å². The Balaban J connectivity index is 4.07. The van der Waals surface area contributed by atoms with Crippen molar-refractivity contribution in [2.75, 3.05) is 6.61 Å². The van der Waals surface area contributed by atoms with Crippen LogP contribution in [0.1, 0.15) is 0 Å². The Morgan fingerprint density at radius 2 is 1.75 bits per heavy atom. The topological polar surface area (TPSA) is 124 Å². The van der Waals surface area contributed by atoms with Crippen LogP contribution < -0.4 is 5.73 Å². The second-order valence-electron chi connectivity index (χ2n) is 2.44. The van der Waals surface area contributed by atoms with E-state index in [1.807, 2.05) is 0 Å². The van der Waals surface area contributed by atoms with E-state index in [0.29, 0.717) is 0 Å². The molecule has 0 fully saturated rings. The minimum absolute atomic E-state index is 0.248. The summed E-state index contributed by atoms with van der Waals surface area (Å²) in [5.74, 6) is 0. The summed E-state index contributed by atoms with van der Waals surface area (Å²) in [5.41, 5.74) is 5.04. The summed E-state index contributed by atoms with van der Waals surface area (Å²) in [6.45, 7) is -0.705. The third-order valence-corrected chi connectivity index (χ3v) is 1.48. The van der Waals surface area contributed by atoms with Crippen molar-refractivity contribution >= 4 is 6.29 Å². The first kappa shape index (κ1) is 11.5. The molecule has 72 valence electrons. The fraction of sp³-hybridized carbons (Fsp3) is 0.833. The van der Waals surface area contributed by atoms with Gasteiger partial charge in [0, 0.05) is 0 Å². The number of carbonyl (C=O) groups excluding carboxylic acids is 1. The van der Waals surface area contributed by atoms with Crippen molar-refractivity contribution in [2.45, 2.75) is 24.4 Å². The molecule has 0 amide bonds. The number of aliphatic hydroxyl groups is 4. The van der Waals surface area contributed by atoms with Crippen LogP contribution in [0, 0.1) is 0 Å². The highest BCUT2D eigenvalue weighted by molar-refractivity contribution is 5.58. The molecule has 0 radical (unpaired) electrons. The van der Waals surface area contributed by atoms with Gasteiger partial charge in [-0.15, -0.1) is 0 Å². The molecule has 0 heterocycles. The summed E-state index contributed by atoms with van der Waals surface area (Å²) in [7, 11) is 0. The minimum atomic E-state index is -1.62. The summed E-state index contributed by atoms with van der Waals surface area (Å²) < 4.78 is 0. The maximum absolute atomic E-state index is 10.0. The van der Waals surface area contributed by atoms with Crippen LogP contribution in [-0.2, 0) is 4.79 Å². The zero-order valence-corrected chi connectivity index (χ0v) is 6.37. The monoisotopic (exact) mass is 180 g/mol. The Bertz CT molecular complexity index is 142. The molecule has 0 aliphatic carbocycles. The summed E-state index contributed by atoms with van der Waals surface area (Å²) in [6, 6.07) is -1.26. The molecule has 0 unspecified atom stereocenters. The fourth-order valence-electron chi connectivity index (χ4n) is 0.644. The average Bonchev–Trinajstić information content (AvgIpc) is 2.12. The van der Waals surface area contributed by atoms with E-state index in [1.165, 1.54) is 0 Å². The minimum Gasteiger partial charge on any atom is -0.394 e. The SMILES string of the molecule is [15NH2][C@@H](C=O)[C@@H](O)[C@@H](O)[C@H](O)CO. The van der Waals surface area contributed by atoms with Gasteiger partial charge >= 0.3 is 0 Å². The molecule has 0 saturated heterocycles. The Morgan fingerprint density at radius 3 is 2.08 bits per heavy atom. The van der Waals surface area contributed by atoms with Gasteiger partial charge in [0.2, 0.25) is 0 Å². The Hall–Kier alpha value is -0.530. The van der Waals surface area contributed by atoms with Gasteiger partial charge in [-0.2, -0.15) is 0 Å². The van der Waals surface area contributed by atoms with Gasteiger partial charge in [0.25, 0.3) is 0 Å². The molecule has 12 heavy (non-hydrogen) atoms. The third kappa shape index (κ3) is 2.84. The van der Waals surface area contributed by atoms with Gasteiger partial charge < -0.3 is 31.0 Å². The van der Waals surface area contributed by atoms with Gasteiger partial charge in [-0.3, -0.25) is 0 Å². The molecule has 6 N–H and O–H groups in total. The predicted octanol–water partition coefficient (Wildman–Crippen LogP) is -3.41. The van der Waals surface area contributed by atoms with E-state index in [9.17, 15) is 4.79 Å². The molecule has 6 nitrogen and oxygen atoms in total. The maximum Gasteiger partial charge on any atom is 0.139 e. The average molecular weight is 180 g/mol. The van der Waals surface area contributed by atoms with E-state index in [2.05, 4.69) is 0 Å². The Morgan fingerprint density at radius 1 is 1.25 bits per heavy atom. The highest BCUT2D eigenvalue weighted by Crippen LogP contribution is 2.01. The number of hydrogen-bond donors (Lipinski definition) is 5. The molecule has 0 rings (SSSR count). The smallest absolute Gasteiger partial charge is 0.139 e. The molecule has 0 aliphatic rings. The van der Waals surface area contributed by atoms with E-state index in [1.54, 1.807) is 0 Å². The number of rotatable bonds is 5. The zero-order valence-electron chi connectivity index (χ0n) is 6.37. The van der Waals surface area contributed by atoms with Gasteiger partial charge in [-0.05, 0) is 0 Å². The first-order valence-electron chi connectivity index (χ1n) is 3.40. The Labute approximate surface area is 69.2 Å². The van der Waals surface area contributed by atoms with Crippen molar-refractivity contribution in [2.24, 2.45) is 5.73 Å². The lowest BCUT2D eigenvalue weighted by molar-refractivity contribution is -0.118. The summed E-state index contributed by atoms with van der Waals surface area (Å²) in [4.78, 5) is 10.0. The van der Waals surface area contributed by atoms with Crippen LogP contribution in [-0.4, -0.2) is 57.7 Å². The number of nitrogens with two attached hydrogens (primary N) is 1. The van der Waals surface area contributed by atoms with Gasteiger partial charge in [-0.1, -0.05) is 0 Å². The first-order valence-corrected chi connectivity index (χ1v) is 3.40. The van der Waals surface area contributed by atoms with E-state index in [-0.39, 0.29) is 6.29 Å². The van der Waals surface area contributed by atoms with Crippen LogP contribution in [0.4, 0.5) is 0 Å². The fourth-order valence-corrected chi connectivity index (χ4v) is 0.644. The van der Waals surface area contributed by atoms with Crippen molar-refractivity contribution in [1.82, 2.24) is 0 Å². The van der Waals surface area contributed by atoms with E-state index < -0.39 is 31.0 Å². The van der Waals surface area contributed by atoms with Crippen LogP contribution in [0.2, 0.25) is 0 Å². The van der Waals surface area contributed by atoms with E-state index in [0.717, 1.165) is 0 Å². The molecule has 6 heteroatoms. The Kier molecular flexibility index (Phi) is 4.95. The van der Waals surface area contributed by atoms with Crippen LogP contribution >= 0.6 is 0 Å². The quantitative estimate of drug-likeness (QED) is 0.222. The highest BCUT2D eigenvalue weighted by atomic mass is 16.4. The standard InChI is InChI=1S/C6H13NO5/c7-3(1-8)5(11)6(12)4(10)2-9/h1,3-6,9-12H,2,7H2/t3-,4+,5+,6-/m0/s1/i7+1. The van der Waals surface area contributed by atoms with Crippen molar-refractivity contribution in [3.05, 3.63) is 0 Å². The number of aliphatic hydroxyl groups excluding tert-OH is 4. The number of carbonyl (C=O) groups is 1. The highest BCUT2D eigenvalue weighted by Gasteiger charge is 2.28. The van der Waals surface area contributed by atoms with Crippen molar-refractivity contribution < 1.29 is 25.2 Å². The number of aldehydes is 1. The summed E-state index contributed by atoms with van der Waals surface area (Å²) >= 11 is 0. The van der Waals surface area contributed by atoms with E-state index in [4.69, 9.17) is 26.2 Å². The van der Waals surface area contributed by atoms with Gasteiger partial charge in [0.05, 0.1) is 12.6 Å². The van der Waals surface area contributed by atoms with Gasteiger partial charge in [-0.25, -0.2) is 0 Å². The molecule has 0 bridgehead atoms. The largest absolute Gasteiger partial charge is 0.394 e. The van der Waals surface area contributed by atoms with E-state index >= 15 is 0 Å². The van der Waals surface area contributed by atoms with Crippen LogP contribution in [0.15, 0.2) is 0 Å². The molecule has 0 spiro atoms. The zero-order chi connectivity index (χ0) is 9.72.